The summed E-state index contributed by atoms with van der Waals surface area (Å²) in [6.45, 7) is 0. The Hall–Kier alpha value is -1.82. The Morgan fingerprint density at radius 3 is 2.94 bits per heavy atom. The van der Waals surface area contributed by atoms with Crippen molar-refractivity contribution >= 4 is 32.7 Å². The van der Waals surface area contributed by atoms with Gasteiger partial charge in [-0.05, 0) is 22.0 Å². The summed E-state index contributed by atoms with van der Waals surface area (Å²) in [6.07, 6.45) is 0. The molecule has 2 heterocycles. The molecule has 3 aromatic rings. The normalized spacial score (nSPS) is 11.2. The van der Waals surface area contributed by atoms with Gasteiger partial charge in [0.05, 0.1) is 5.52 Å². The molecule has 0 aliphatic rings. The number of nitrogens with two attached hydrogens (primary N) is 1. The van der Waals surface area contributed by atoms with E-state index in [9.17, 15) is 0 Å². The summed E-state index contributed by atoms with van der Waals surface area (Å²) in [5, 5.41) is 9.26. The molecule has 0 atom stereocenters. The van der Waals surface area contributed by atoms with Gasteiger partial charge >= 0.3 is 0 Å². The number of hydrogen-bond donors (Lipinski definition) is 1. The van der Waals surface area contributed by atoms with Gasteiger partial charge in [-0.15, -0.1) is 0 Å². The van der Waals surface area contributed by atoms with Crippen LogP contribution in [0.25, 0.3) is 22.2 Å². The second-order valence-corrected chi connectivity index (χ2v) is 4.48. The first-order valence-corrected chi connectivity index (χ1v) is 5.80. The molecule has 0 unspecified atom stereocenters. The molecule has 5 nitrogen and oxygen atoms in total. The first-order valence-electron chi connectivity index (χ1n) is 5.00. The number of rotatable bonds is 1. The predicted molar refractivity (Wildman–Crippen MR) is 68.3 cm³/mol. The van der Waals surface area contributed by atoms with E-state index in [1.807, 2.05) is 29.9 Å². The Kier molecular flexibility index (Phi) is 2.19. The van der Waals surface area contributed by atoms with Gasteiger partial charge in [-0.25, -0.2) is 0 Å². The minimum absolute atomic E-state index is 0.303. The zero-order valence-corrected chi connectivity index (χ0v) is 10.6. The summed E-state index contributed by atoms with van der Waals surface area (Å²) >= 11 is 3.45. The summed E-state index contributed by atoms with van der Waals surface area (Å²) in [5.41, 5.74) is 8.22. The average molecular weight is 293 g/mol. The van der Waals surface area contributed by atoms with Crippen LogP contribution in [0.1, 0.15) is 0 Å². The first-order chi connectivity index (χ1) is 8.16. The smallest absolute Gasteiger partial charge is 0.222 e. The van der Waals surface area contributed by atoms with E-state index in [1.165, 1.54) is 0 Å². The molecule has 1 aromatic carbocycles. The van der Waals surface area contributed by atoms with Crippen molar-refractivity contribution in [2.24, 2.45) is 7.05 Å². The molecule has 3 rings (SSSR count). The molecule has 2 N–H and O–H groups in total. The molecule has 0 aliphatic heterocycles. The molecule has 6 heteroatoms. The molecule has 0 bridgehead atoms. The maximum atomic E-state index is 5.54. The number of nitrogens with zero attached hydrogens (tertiary/aromatic N) is 3. The van der Waals surface area contributed by atoms with E-state index in [1.54, 1.807) is 6.07 Å². The van der Waals surface area contributed by atoms with Gasteiger partial charge in [0.25, 0.3) is 0 Å². The van der Waals surface area contributed by atoms with Crippen LogP contribution >= 0.6 is 15.9 Å². The molecule has 0 radical (unpaired) electrons. The van der Waals surface area contributed by atoms with Gasteiger partial charge in [-0.2, -0.15) is 5.10 Å². The minimum atomic E-state index is 0.303. The summed E-state index contributed by atoms with van der Waals surface area (Å²) in [6, 6.07) is 7.62. The number of benzene rings is 1. The number of aromatic nitrogens is 3. The Bertz CT molecular complexity index is 701. The van der Waals surface area contributed by atoms with Crippen molar-refractivity contribution in [1.82, 2.24) is 14.9 Å². The third kappa shape index (κ3) is 1.52. The van der Waals surface area contributed by atoms with Crippen LogP contribution in [0.3, 0.4) is 0 Å². The van der Waals surface area contributed by atoms with E-state index in [4.69, 9.17) is 10.3 Å². The van der Waals surface area contributed by atoms with Gasteiger partial charge in [0.1, 0.15) is 10.3 Å². The number of aryl methyl sites for hydroxylation is 1. The number of fused-ring (bicyclic) bond motifs is 1. The fourth-order valence-electron chi connectivity index (χ4n) is 1.89. The molecule has 0 spiro atoms. The van der Waals surface area contributed by atoms with Gasteiger partial charge in [-0.1, -0.05) is 17.3 Å². The molecular formula is C11H9BrN4O. The lowest BCUT2D eigenvalue weighted by atomic mass is 10.1. The van der Waals surface area contributed by atoms with Crippen LogP contribution in [0.15, 0.2) is 33.4 Å². The van der Waals surface area contributed by atoms with Crippen LogP contribution in [0.4, 0.5) is 5.88 Å². The highest BCUT2D eigenvalue weighted by atomic mass is 79.9. The monoisotopic (exact) mass is 292 g/mol. The maximum Gasteiger partial charge on any atom is 0.222 e. The van der Waals surface area contributed by atoms with Crippen LogP contribution in [0, 0.1) is 0 Å². The number of hydrogen-bond acceptors (Lipinski definition) is 4. The Labute approximate surface area is 105 Å². The Morgan fingerprint density at radius 2 is 2.24 bits per heavy atom. The number of nitrogen functional groups attached to an aromatic ring is 1. The number of halogens is 1. The van der Waals surface area contributed by atoms with Crippen molar-refractivity contribution < 1.29 is 4.52 Å². The molecular weight excluding hydrogens is 284 g/mol. The first kappa shape index (κ1) is 10.3. The standard InChI is InChI=1S/C11H9BrN4O/c1-16-8-4-2-3-6(10(8)11(12)14-16)7-5-9(13)17-15-7/h2-5H,13H2,1H3. The lowest BCUT2D eigenvalue weighted by Gasteiger charge is -1.99. The van der Waals surface area contributed by atoms with Crippen molar-refractivity contribution in [3.63, 3.8) is 0 Å². The van der Waals surface area contributed by atoms with Gasteiger partial charge in [0.2, 0.25) is 5.88 Å². The summed E-state index contributed by atoms with van der Waals surface area (Å²) in [7, 11) is 1.90. The fourth-order valence-corrected chi connectivity index (χ4v) is 2.55. The van der Waals surface area contributed by atoms with Gasteiger partial charge < -0.3 is 10.3 Å². The lowest BCUT2D eigenvalue weighted by Crippen LogP contribution is -1.88. The minimum Gasteiger partial charge on any atom is -0.368 e. The fraction of sp³-hybridized carbons (Fsp3) is 0.0909. The SMILES string of the molecule is Cn1nc(Br)c2c(-c3cc(N)on3)cccc21. The molecule has 0 fully saturated rings. The van der Waals surface area contributed by atoms with E-state index in [-0.39, 0.29) is 0 Å². The third-order valence-electron chi connectivity index (χ3n) is 2.64. The van der Waals surface area contributed by atoms with Crippen LogP contribution in [-0.4, -0.2) is 14.9 Å². The van der Waals surface area contributed by atoms with Gasteiger partial charge in [0, 0.05) is 24.1 Å². The summed E-state index contributed by atoms with van der Waals surface area (Å²) in [4.78, 5) is 0. The molecule has 0 aliphatic carbocycles. The quantitative estimate of drug-likeness (QED) is 0.748. The molecule has 2 aromatic heterocycles. The highest BCUT2D eigenvalue weighted by molar-refractivity contribution is 9.10. The van der Waals surface area contributed by atoms with Crippen LogP contribution < -0.4 is 5.73 Å². The second-order valence-electron chi connectivity index (χ2n) is 3.73. The largest absolute Gasteiger partial charge is 0.368 e. The molecule has 0 saturated heterocycles. The zero-order valence-electron chi connectivity index (χ0n) is 9.01. The van der Waals surface area contributed by atoms with Crippen molar-refractivity contribution in [2.45, 2.75) is 0 Å². The molecule has 86 valence electrons. The van der Waals surface area contributed by atoms with E-state index in [0.29, 0.717) is 11.6 Å². The topological polar surface area (TPSA) is 69.9 Å². The highest BCUT2D eigenvalue weighted by Gasteiger charge is 2.14. The third-order valence-corrected chi connectivity index (χ3v) is 3.19. The van der Waals surface area contributed by atoms with Crippen molar-refractivity contribution in [1.29, 1.82) is 0 Å². The highest BCUT2D eigenvalue weighted by Crippen LogP contribution is 2.33. The zero-order chi connectivity index (χ0) is 12.0. The van der Waals surface area contributed by atoms with Gasteiger partial charge in [0.15, 0.2) is 0 Å². The van der Waals surface area contributed by atoms with E-state index >= 15 is 0 Å². The Morgan fingerprint density at radius 1 is 1.41 bits per heavy atom. The summed E-state index contributed by atoms with van der Waals surface area (Å²) < 4.78 is 7.50. The van der Waals surface area contributed by atoms with Crippen molar-refractivity contribution in [3.05, 3.63) is 28.9 Å². The number of anilines is 1. The van der Waals surface area contributed by atoms with Crippen molar-refractivity contribution in [2.75, 3.05) is 5.73 Å². The summed E-state index contributed by atoms with van der Waals surface area (Å²) in [5.74, 6) is 0.303. The average Bonchev–Trinajstić information content (AvgIpc) is 2.85. The van der Waals surface area contributed by atoms with Crippen molar-refractivity contribution in [3.8, 4) is 11.3 Å². The predicted octanol–water partition coefficient (Wildman–Crippen LogP) is 2.57. The van der Waals surface area contributed by atoms with E-state index in [0.717, 1.165) is 21.1 Å². The molecule has 0 saturated carbocycles. The van der Waals surface area contributed by atoms with E-state index < -0.39 is 0 Å². The van der Waals surface area contributed by atoms with Crippen LogP contribution in [0.2, 0.25) is 0 Å². The van der Waals surface area contributed by atoms with E-state index in [2.05, 4.69) is 26.2 Å². The second kappa shape index (κ2) is 3.59. The van der Waals surface area contributed by atoms with Crippen LogP contribution in [0.5, 0.6) is 0 Å². The molecule has 0 amide bonds. The maximum absolute atomic E-state index is 5.54. The Balaban J connectivity index is 2.37. The lowest BCUT2D eigenvalue weighted by molar-refractivity contribution is 0.439. The van der Waals surface area contributed by atoms with Gasteiger partial charge in [-0.3, -0.25) is 4.68 Å². The van der Waals surface area contributed by atoms with Crippen LogP contribution in [-0.2, 0) is 7.05 Å². The molecule has 17 heavy (non-hydrogen) atoms.